The van der Waals surface area contributed by atoms with Gasteiger partial charge < -0.3 is 0 Å². The molecule has 0 aliphatic carbocycles. The van der Waals surface area contributed by atoms with E-state index in [1.165, 1.54) is 0 Å². The lowest BCUT2D eigenvalue weighted by atomic mass is 9.90. The molecule has 0 aromatic heterocycles. The monoisotopic (exact) mass is 690 g/mol. The number of nitrogens with zero attached hydrogens (tertiary/aromatic N) is 8. The number of hydrogen-bond donors (Lipinski definition) is 0. The molecule has 242 valence electrons. The van der Waals surface area contributed by atoms with Crippen molar-refractivity contribution in [1.29, 1.82) is 42.1 Å². The molecule has 0 radical (unpaired) electrons. The maximum Gasteiger partial charge on any atom is 0.420 e. The summed E-state index contributed by atoms with van der Waals surface area (Å²) in [5.41, 5.74) is -15.4. The summed E-state index contributed by atoms with van der Waals surface area (Å²) in [6.07, 6.45) is -11.7. The summed E-state index contributed by atoms with van der Waals surface area (Å²) in [7, 11) is 0. The van der Waals surface area contributed by atoms with E-state index in [4.69, 9.17) is 0 Å². The van der Waals surface area contributed by atoms with Gasteiger partial charge in [-0.2, -0.15) is 68.4 Å². The van der Waals surface area contributed by atoms with Crippen molar-refractivity contribution in [2.75, 3.05) is 0 Å². The van der Waals surface area contributed by atoms with Gasteiger partial charge in [0, 0.05) is 11.1 Å². The summed E-state index contributed by atoms with van der Waals surface area (Å²) in [5, 5.41) is 67.1. The van der Waals surface area contributed by atoms with Crippen molar-refractivity contribution in [1.82, 2.24) is 0 Å². The molecule has 18 heteroatoms. The molecule has 0 N–H and O–H groups in total. The van der Waals surface area contributed by atoms with Gasteiger partial charge in [0.1, 0.15) is 105 Å². The standard InChI is InChI=1S/C32H4F10N8/c33-27-19(21(15(5-43)6-44)29(35)25(31(37,38)39)23(27)17(9-47)10-48)13-1-2-14(4-3-13)20-22(16(7-45)8-46)30(36)26(32(40,41)42)24(28(20)34)18(11-49)12-50/h1-4H. The van der Waals surface area contributed by atoms with E-state index in [1.807, 2.05) is 0 Å². The fourth-order valence-corrected chi connectivity index (χ4v) is 4.74. The van der Waals surface area contributed by atoms with Gasteiger partial charge in [-0.25, -0.2) is 17.6 Å². The van der Waals surface area contributed by atoms with Gasteiger partial charge in [0.25, 0.3) is 0 Å². The SMILES string of the molecule is N#CC(C#N)=c1c(F)c(C(F)(F)F)c(=C(C#N)C#N)c(F)c1-c1ccc(-c2c(F)c(=C(C#N)C#N)c(C(F)(F)F)c(F)c2=C(C#N)C#N)cc1. The number of rotatable bonds is 2. The minimum Gasteiger partial charge on any atom is -0.206 e. The van der Waals surface area contributed by atoms with E-state index in [-0.39, 0.29) is 0 Å². The van der Waals surface area contributed by atoms with Crippen molar-refractivity contribution in [3.05, 3.63) is 79.5 Å². The Hall–Kier alpha value is -7.64. The smallest absolute Gasteiger partial charge is 0.206 e. The molecule has 0 saturated heterocycles. The van der Waals surface area contributed by atoms with Crippen LogP contribution in [0, 0.1) is 114 Å². The molecule has 0 bridgehead atoms. The lowest BCUT2D eigenvalue weighted by molar-refractivity contribution is -0.141. The number of halogens is 10. The van der Waals surface area contributed by atoms with Gasteiger partial charge in [0.2, 0.25) is 0 Å². The predicted octanol–water partition coefficient (Wildman–Crippen LogP) is 4.41. The van der Waals surface area contributed by atoms with Crippen LogP contribution in [-0.2, 0) is 12.4 Å². The summed E-state index contributed by atoms with van der Waals surface area (Å²) in [5.74, 6) is -9.28. The third kappa shape index (κ3) is 5.97. The minimum atomic E-state index is -5.83. The van der Waals surface area contributed by atoms with E-state index in [0.717, 1.165) is 48.6 Å². The van der Waals surface area contributed by atoms with Gasteiger partial charge >= 0.3 is 12.4 Å². The predicted molar refractivity (Wildman–Crippen MR) is 144 cm³/mol. The van der Waals surface area contributed by atoms with Crippen LogP contribution in [0.2, 0.25) is 0 Å². The van der Waals surface area contributed by atoms with Crippen molar-refractivity contribution >= 4 is 22.3 Å². The molecule has 0 unspecified atom stereocenters. The average Bonchev–Trinajstić information content (AvgIpc) is 3.06. The highest BCUT2D eigenvalue weighted by molar-refractivity contribution is 5.85. The van der Waals surface area contributed by atoms with Crippen LogP contribution in [-0.4, -0.2) is 0 Å². The highest BCUT2D eigenvalue weighted by atomic mass is 19.4. The normalized spacial score (nSPS) is 10.4. The number of alkyl halides is 6. The molecule has 8 nitrogen and oxygen atoms in total. The van der Waals surface area contributed by atoms with E-state index < -0.39 is 112 Å². The Labute approximate surface area is 271 Å². The second-order valence-corrected chi connectivity index (χ2v) is 9.22. The van der Waals surface area contributed by atoms with E-state index in [0.29, 0.717) is 24.3 Å². The maximum atomic E-state index is 16.0. The molecule has 0 amide bonds. The molecule has 0 saturated carbocycles. The highest BCUT2D eigenvalue weighted by Gasteiger charge is 2.41. The molecule has 0 atom stereocenters. The molecule has 0 heterocycles. The first-order chi connectivity index (χ1) is 23.4. The second-order valence-electron chi connectivity index (χ2n) is 9.22. The zero-order chi connectivity index (χ0) is 37.9. The first-order valence-electron chi connectivity index (χ1n) is 12.5. The van der Waals surface area contributed by atoms with Gasteiger partial charge in [-0.05, 0) is 11.1 Å². The first kappa shape index (κ1) is 36.8. The van der Waals surface area contributed by atoms with Gasteiger partial charge in [-0.1, -0.05) is 24.3 Å². The molecule has 0 spiro atoms. The van der Waals surface area contributed by atoms with E-state index in [9.17, 15) is 68.4 Å². The average molecular weight is 690 g/mol. The van der Waals surface area contributed by atoms with Gasteiger partial charge in [-0.15, -0.1) is 0 Å². The zero-order valence-electron chi connectivity index (χ0n) is 23.7. The van der Waals surface area contributed by atoms with Crippen LogP contribution in [0.15, 0.2) is 24.3 Å². The molecule has 50 heavy (non-hydrogen) atoms. The van der Waals surface area contributed by atoms with E-state index in [1.54, 1.807) is 0 Å². The molecule has 3 aromatic carbocycles. The lowest BCUT2D eigenvalue weighted by Crippen LogP contribution is -2.35. The second kappa shape index (κ2) is 13.6. The third-order valence-corrected chi connectivity index (χ3v) is 6.68. The Balaban J connectivity index is 2.77. The summed E-state index contributed by atoms with van der Waals surface area (Å²) in [6, 6.07) is 10.5. The Kier molecular flexibility index (Phi) is 10.0. The molecular formula is C32H4F10N8. The first-order valence-corrected chi connectivity index (χ1v) is 12.5. The largest absolute Gasteiger partial charge is 0.420 e. The van der Waals surface area contributed by atoms with Crippen molar-refractivity contribution in [3.8, 4) is 70.8 Å². The van der Waals surface area contributed by atoms with Crippen LogP contribution in [0.1, 0.15) is 11.1 Å². The van der Waals surface area contributed by atoms with Crippen molar-refractivity contribution in [3.63, 3.8) is 0 Å². The lowest BCUT2D eigenvalue weighted by Gasteiger charge is -2.16. The number of hydrogen-bond acceptors (Lipinski definition) is 8. The van der Waals surface area contributed by atoms with E-state index >= 15 is 17.6 Å². The Morgan fingerprint density at radius 3 is 0.800 bits per heavy atom. The van der Waals surface area contributed by atoms with Crippen LogP contribution < -0.4 is 20.9 Å². The molecule has 3 aromatic rings. The molecule has 0 aliphatic heterocycles. The van der Waals surface area contributed by atoms with Gasteiger partial charge in [-0.3, -0.25) is 0 Å². The van der Waals surface area contributed by atoms with E-state index in [2.05, 4.69) is 0 Å². The van der Waals surface area contributed by atoms with Gasteiger partial charge in [0.05, 0.1) is 20.9 Å². The van der Waals surface area contributed by atoms with Crippen LogP contribution in [0.4, 0.5) is 43.9 Å². The molecule has 0 aliphatic rings. The highest BCUT2D eigenvalue weighted by Crippen LogP contribution is 2.34. The van der Waals surface area contributed by atoms with Crippen LogP contribution >= 0.6 is 0 Å². The quantitative estimate of drug-likeness (QED) is 0.353. The van der Waals surface area contributed by atoms with Crippen molar-refractivity contribution in [2.24, 2.45) is 0 Å². The van der Waals surface area contributed by atoms with Crippen LogP contribution in [0.5, 0.6) is 0 Å². The van der Waals surface area contributed by atoms with Crippen molar-refractivity contribution in [2.45, 2.75) is 12.4 Å². The van der Waals surface area contributed by atoms with Crippen molar-refractivity contribution < 1.29 is 43.9 Å². The van der Waals surface area contributed by atoms with Crippen LogP contribution in [0.25, 0.3) is 44.5 Å². The Bertz CT molecular complexity index is 2390. The fourth-order valence-electron chi connectivity index (χ4n) is 4.74. The minimum absolute atomic E-state index is 0.578. The maximum absolute atomic E-state index is 16.0. The Morgan fingerprint density at radius 2 is 0.600 bits per heavy atom. The summed E-state index contributed by atoms with van der Waals surface area (Å²) in [4.78, 5) is 0. The molecule has 3 rings (SSSR count). The summed E-state index contributed by atoms with van der Waals surface area (Å²) < 4.78 is 147. The summed E-state index contributed by atoms with van der Waals surface area (Å²) in [6.45, 7) is 0. The van der Waals surface area contributed by atoms with Gasteiger partial charge in [0.15, 0.2) is 0 Å². The molecular weight excluding hydrogens is 686 g/mol. The number of nitriles is 8. The zero-order valence-corrected chi connectivity index (χ0v) is 23.7. The van der Waals surface area contributed by atoms with Crippen LogP contribution in [0.3, 0.4) is 0 Å². The topological polar surface area (TPSA) is 190 Å². The third-order valence-electron chi connectivity index (χ3n) is 6.68. The fraction of sp³-hybridized carbons (Fsp3) is 0.0625. The Morgan fingerprint density at radius 1 is 0.380 bits per heavy atom. The number of benzene rings is 3. The summed E-state index contributed by atoms with van der Waals surface area (Å²) >= 11 is 0. The molecule has 0 fully saturated rings.